The van der Waals surface area contributed by atoms with E-state index >= 15 is 4.79 Å². The molecule has 1 unspecified atom stereocenters. The Morgan fingerprint density at radius 2 is 1.77 bits per heavy atom. The van der Waals surface area contributed by atoms with Crippen LogP contribution < -0.4 is 14.2 Å². The Hall–Kier alpha value is -4.63. The van der Waals surface area contributed by atoms with Crippen LogP contribution in [-0.2, 0) is 33.9 Å². The maximum absolute atomic E-state index is 15.1. The Bertz CT molecular complexity index is 2420. The number of unbranched alkanes of at least 4 members (excludes halogenated alkanes) is 3. The van der Waals surface area contributed by atoms with Crippen molar-refractivity contribution in [2.45, 2.75) is 154 Å². The van der Waals surface area contributed by atoms with Crippen LogP contribution in [0.5, 0.6) is 11.5 Å². The van der Waals surface area contributed by atoms with Gasteiger partial charge in [0.15, 0.2) is 5.78 Å². The number of esters is 1. The number of hydrogen-bond acceptors (Lipinski definition) is 12. The predicted octanol–water partition coefficient (Wildman–Crippen LogP) is 9.17. The third-order valence-electron chi connectivity index (χ3n) is 13.0. The Morgan fingerprint density at radius 3 is 2.36 bits per heavy atom. The van der Waals surface area contributed by atoms with Gasteiger partial charge in [0, 0.05) is 41.2 Å². The lowest BCUT2D eigenvalue weighted by Crippen LogP contribution is -2.47. The number of benzene rings is 1. The number of carbonyl (C=O) groups excluding carboxylic acids is 4. The number of ketones is 1. The number of Topliss-reactive ketones (excluding diaryl/α,β-unsaturated/α-hetero) is 1. The molecular weight excluding hydrogens is 853 g/mol. The lowest BCUT2D eigenvalue weighted by Gasteiger charge is -2.30. The van der Waals surface area contributed by atoms with E-state index in [4.69, 9.17) is 24.2 Å². The summed E-state index contributed by atoms with van der Waals surface area (Å²) in [5.74, 6) is -1.95. The Kier molecular flexibility index (Phi) is 14.3. The number of ether oxygens (including phenoxy) is 3. The van der Waals surface area contributed by atoms with Gasteiger partial charge in [0.1, 0.15) is 33.4 Å². The van der Waals surface area contributed by atoms with Crippen LogP contribution in [0.4, 0.5) is 0 Å². The van der Waals surface area contributed by atoms with Gasteiger partial charge in [-0.05, 0) is 104 Å². The van der Waals surface area contributed by atoms with Crippen molar-refractivity contribution in [2.24, 2.45) is 17.3 Å². The molecule has 1 saturated heterocycles. The van der Waals surface area contributed by atoms with E-state index in [9.17, 15) is 22.8 Å². The third kappa shape index (κ3) is 10.6. The van der Waals surface area contributed by atoms with E-state index in [-0.39, 0.29) is 44.1 Å². The first-order valence-electron chi connectivity index (χ1n) is 22.5. The molecular formula is C49H66N4O9S2. The predicted molar refractivity (Wildman–Crippen MR) is 250 cm³/mol. The van der Waals surface area contributed by atoms with Crippen LogP contribution in [0.15, 0.2) is 48.9 Å². The first kappa shape index (κ1) is 48.8. The number of fused-ring (bicyclic) bond motifs is 1. The van der Waals surface area contributed by atoms with Gasteiger partial charge >= 0.3 is 5.97 Å². The van der Waals surface area contributed by atoms with E-state index in [2.05, 4.69) is 31.7 Å². The highest BCUT2D eigenvalue weighted by molar-refractivity contribution is 7.91. The molecule has 1 N–H and O–H groups in total. The van der Waals surface area contributed by atoms with Gasteiger partial charge < -0.3 is 19.1 Å². The van der Waals surface area contributed by atoms with E-state index in [0.29, 0.717) is 58.8 Å². The number of methoxy groups -OCH3 is 1. The van der Waals surface area contributed by atoms with Crippen molar-refractivity contribution >= 4 is 55.8 Å². The van der Waals surface area contributed by atoms with Crippen LogP contribution in [0.1, 0.15) is 136 Å². The van der Waals surface area contributed by atoms with E-state index in [1.54, 1.807) is 40.9 Å². The van der Waals surface area contributed by atoms with Crippen molar-refractivity contribution in [3.63, 3.8) is 0 Å². The van der Waals surface area contributed by atoms with Crippen molar-refractivity contribution in [1.29, 1.82) is 0 Å². The molecule has 1 aliphatic heterocycles. The van der Waals surface area contributed by atoms with Crippen molar-refractivity contribution in [1.82, 2.24) is 19.6 Å². The number of aromatic nitrogens is 2. The fourth-order valence-electron chi connectivity index (χ4n) is 8.77. The molecule has 3 aliphatic rings. The molecule has 13 nitrogen and oxygen atoms in total. The summed E-state index contributed by atoms with van der Waals surface area (Å²) >= 11 is 1.48. The number of pyridine rings is 1. The number of nitrogens with zero attached hydrogens (tertiary/aromatic N) is 3. The van der Waals surface area contributed by atoms with Gasteiger partial charge in [-0.15, -0.1) is 24.5 Å². The van der Waals surface area contributed by atoms with Crippen molar-refractivity contribution in [2.75, 3.05) is 13.7 Å². The molecule has 15 heteroatoms. The average Bonchev–Trinajstić information content (AvgIpc) is 4.03. The fourth-order valence-corrected chi connectivity index (χ4v) is 11.0. The molecule has 2 aliphatic carbocycles. The molecule has 0 bridgehead atoms. The number of carbonyl (C=O) groups is 4. The Morgan fingerprint density at radius 1 is 1.05 bits per heavy atom. The molecule has 2 amide bonds. The van der Waals surface area contributed by atoms with E-state index in [1.165, 1.54) is 16.2 Å². The summed E-state index contributed by atoms with van der Waals surface area (Å²) in [7, 11) is -2.39. The number of hydrogen-bond donors (Lipinski definition) is 1. The summed E-state index contributed by atoms with van der Waals surface area (Å²) in [4.78, 5) is 68.8. The smallest absolute Gasteiger partial charge is 0.307 e. The van der Waals surface area contributed by atoms with E-state index in [1.807, 2.05) is 43.5 Å². The zero-order valence-corrected chi connectivity index (χ0v) is 40.6. The van der Waals surface area contributed by atoms with Crippen molar-refractivity contribution < 1.29 is 41.8 Å². The lowest BCUT2D eigenvalue weighted by molar-refractivity contribution is -0.159. The first-order valence-corrected chi connectivity index (χ1v) is 24.8. The van der Waals surface area contributed by atoms with E-state index in [0.717, 1.165) is 30.5 Å². The molecule has 3 fully saturated rings. The molecule has 3 aromatic rings. The summed E-state index contributed by atoms with van der Waals surface area (Å²) in [6.07, 6.45) is 7.68. The largest absolute Gasteiger partial charge is 0.496 e. The number of rotatable bonds is 21. The SMILES string of the molecule is C=CCCCCC[C@H](CC(=O)OC(C)(C)C)C(=O)N1CC(C)(Oc2cc(-c3nc(C(C)C)cs3)nc3c(C)c(OC)ccc23)C[C@H]1C(=O)C[C@]1(C(=O)NS(=O)(=O)C2(C)CC2)C[C@H]1C=C. The number of aryl methyl sites for hydroxylation is 1. The standard InChI is InChI=1S/C49H66N4O9S2/c1-12-14-15-16-17-18-32(23-41(55)62-46(6,7)8)44(56)53-29-47(9,26-37(53)38(54)27-49(25-33(49)13-2)45(57)52-64(58,59)48(10)21-22-48)61-40-24-35(43-51-36(28-63-43)30(3)4)50-42-31(5)39(60-11)20-19-34(40)42/h12-13,19-20,24,28,30,32-33,37H,1-2,14-18,21-23,25-27,29H2,3-11H3,(H,52,57)/t32-,33-,37+,47?,49-/m1/s1. The van der Waals surface area contributed by atoms with Gasteiger partial charge in [-0.25, -0.2) is 18.4 Å². The summed E-state index contributed by atoms with van der Waals surface area (Å²) < 4.78 is 46.2. The molecule has 1 aromatic carbocycles. The molecule has 0 spiro atoms. The van der Waals surface area contributed by atoms with Gasteiger partial charge in [-0.1, -0.05) is 38.8 Å². The van der Waals surface area contributed by atoms with Crippen LogP contribution in [0.25, 0.3) is 21.6 Å². The fraction of sp³-hybridized carbons (Fsp3) is 0.592. The second-order valence-corrected chi connectivity index (χ2v) is 23.0. The van der Waals surface area contributed by atoms with Gasteiger partial charge in [-0.2, -0.15) is 0 Å². The van der Waals surface area contributed by atoms with Crippen LogP contribution in [0.2, 0.25) is 0 Å². The minimum atomic E-state index is -3.99. The van der Waals surface area contributed by atoms with Crippen LogP contribution in [0, 0.1) is 24.2 Å². The molecule has 2 aromatic heterocycles. The number of amides is 2. The van der Waals surface area contributed by atoms with Crippen LogP contribution in [-0.4, -0.2) is 82.5 Å². The van der Waals surface area contributed by atoms with Crippen LogP contribution >= 0.6 is 11.3 Å². The number of sulfonamides is 1. The molecule has 64 heavy (non-hydrogen) atoms. The third-order valence-corrected chi connectivity index (χ3v) is 16.1. The highest BCUT2D eigenvalue weighted by Crippen LogP contribution is 2.57. The summed E-state index contributed by atoms with van der Waals surface area (Å²) in [5.41, 5.74) is -0.288. The first-order chi connectivity index (χ1) is 30.0. The number of allylic oxidation sites excluding steroid dienone is 2. The monoisotopic (exact) mass is 918 g/mol. The molecule has 6 rings (SSSR count). The van der Waals surface area contributed by atoms with E-state index < -0.39 is 66.9 Å². The van der Waals surface area contributed by atoms with Gasteiger partial charge in [-0.3, -0.25) is 23.9 Å². The van der Waals surface area contributed by atoms with Gasteiger partial charge in [0.2, 0.25) is 21.8 Å². The number of nitrogens with one attached hydrogen (secondary N) is 1. The number of likely N-dealkylation sites (tertiary alicyclic amines) is 1. The normalized spacial score (nSPS) is 23.1. The topological polar surface area (TPSA) is 171 Å². The molecule has 0 radical (unpaired) electrons. The van der Waals surface area contributed by atoms with Crippen molar-refractivity contribution in [3.8, 4) is 22.2 Å². The maximum Gasteiger partial charge on any atom is 0.307 e. The van der Waals surface area contributed by atoms with Gasteiger partial charge in [0.25, 0.3) is 0 Å². The summed E-state index contributed by atoms with van der Waals surface area (Å²) in [6, 6.07) is 4.51. The second-order valence-electron chi connectivity index (χ2n) is 19.9. The minimum absolute atomic E-state index is 0.0105. The summed E-state index contributed by atoms with van der Waals surface area (Å²) in [6.45, 7) is 22.5. The lowest BCUT2D eigenvalue weighted by atomic mass is 9.89. The zero-order chi connectivity index (χ0) is 47.0. The molecule has 2 saturated carbocycles. The molecule has 348 valence electrons. The van der Waals surface area contributed by atoms with Gasteiger partial charge in [0.05, 0.1) is 47.5 Å². The highest BCUT2D eigenvalue weighted by Gasteiger charge is 2.63. The Balaban J connectivity index is 1.39. The van der Waals surface area contributed by atoms with Crippen LogP contribution in [0.3, 0.4) is 0 Å². The second kappa shape index (κ2) is 18.7. The Labute approximate surface area is 382 Å². The highest BCUT2D eigenvalue weighted by atomic mass is 32.2. The zero-order valence-electron chi connectivity index (χ0n) is 39.0. The maximum atomic E-state index is 15.1. The quantitative estimate of drug-likeness (QED) is 0.0614. The number of thiazole rings is 1. The summed E-state index contributed by atoms with van der Waals surface area (Å²) in [5, 5.41) is 3.42. The minimum Gasteiger partial charge on any atom is -0.496 e. The van der Waals surface area contributed by atoms with Crippen molar-refractivity contribution in [3.05, 3.63) is 60.1 Å². The average molecular weight is 919 g/mol. The molecule has 3 heterocycles. The molecule has 5 atom stereocenters.